The van der Waals surface area contributed by atoms with E-state index in [4.69, 9.17) is 4.74 Å². The maximum atomic E-state index is 12.8. The summed E-state index contributed by atoms with van der Waals surface area (Å²) < 4.78 is 5.52. The summed E-state index contributed by atoms with van der Waals surface area (Å²) in [7, 11) is 0. The Bertz CT molecular complexity index is 715. The molecule has 1 aromatic carbocycles. The number of benzene rings is 1. The molecule has 3 rings (SSSR count). The average Bonchev–Trinajstić information content (AvgIpc) is 3.19. The largest absolute Gasteiger partial charge is 0.379 e. The molecule has 0 saturated carbocycles. The van der Waals surface area contributed by atoms with Crippen molar-refractivity contribution in [3.63, 3.8) is 0 Å². The van der Waals surface area contributed by atoms with Gasteiger partial charge in [0.2, 0.25) is 5.91 Å². The van der Waals surface area contributed by atoms with E-state index in [0.29, 0.717) is 17.9 Å². The Morgan fingerprint density at radius 2 is 1.93 bits per heavy atom. The number of carbonyl (C=O) groups is 1. The van der Waals surface area contributed by atoms with Gasteiger partial charge < -0.3 is 20.3 Å². The van der Waals surface area contributed by atoms with Crippen molar-refractivity contribution in [3.8, 4) is 0 Å². The van der Waals surface area contributed by atoms with E-state index in [2.05, 4.69) is 40.4 Å². The standard InChI is InChI=1S/C23H37N5O2/c1-4-24-23(25-16-20(15-18(2)3)27-11-13-30-14-12-27)26-17-22(29)28-10-9-19-7-5-6-8-21(19)28/h5-8,18,20H,4,9-17H2,1-3H3,(H2,24,25,26). The molecule has 1 saturated heterocycles. The van der Waals surface area contributed by atoms with Crippen LogP contribution in [0.2, 0.25) is 0 Å². The number of nitrogens with one attached hydrogen (secondary N) is 2. The molecule has 2 aliphatic rings. The highest BCUT2D eigenvalue weighted by Crippen LogP contribution is 2.27. The van der Waals surface area contributed by atoms with Crippen LogP contribution in [0.4, 0.5) is 5.69 Å². The Labute approximate surface area is 180 Å². The fourth-order valence-electron chi connectivity index (χ4n) is 4.23. The second-order valence-electron chi connectivity index (χ2n) is 8.43. The van der Waals surface area contributed by atoms with Crippen molar-refractivity contribution >= 4 is 17.6 Å². The summed E-state index contributed by atoms with van der Waals surface area (Å²) >= 11 is 0. The SMILES string of the molecule is CCNC(=NCC(=O)N1CCc2ccccc21)NCC(CC(C)C)N1CCOCC1. The van der Waals surface area contributed by atoms with Gasteiger partial charge >= 0.3 is 0 Å². The molecule has 2 N–H and O–H groups in total. The zero-order chi connectivity index (χ0) is 21.3. The zero-order valence-electron chi connectivity index (χ0n) is 18.7. The number of aliphatic imine (C=N–C) groups is 1. The smallest absolute Gasteiger partial charge is 0.248 e. The van der Waals surface area contributed by atoms with Gasteiger partial charge in [-0.1, -0.05) is 32.0 Å². The van der Waals surface area contributed by atoms with E-state index in [9.17, 15) is 4.79 Å². The van der Waals surface area contributed by atoms with E-state index in [1.54, 1.807) is 0 Å². The molecule has 0 bridgehead atoms. The molecule has 1 amide bonds. The molecule has 1 fully saturated rings. The third-order valence-electron chi connectivity index (χ3n) is 5.72. The van der Waals surface area contributed by atoms with Crippen LogP contribution in [0.3, 0.4) is 0 Å². The van der Waals surface area contributed by atoms with Crippen LogP contribution >= 0.6 is 0 Å². The molecule has 7 heteroatoms. The monoisotopic (exact) mass is 415 g/mol. The summed E-state index contributed by atoms with van der Waals surface area (Å²) in [5.74, 6) is 1.38. The lowest BCUT2D eigenvalue weighted by Crippen LogP contribution is -2.51. The summed E-state index contributed by atoms with van der Waals surface area (Å²) in [4.78, 5) is 21.7. The van der Waals surface area contributed by atoms with Crippen LogP contribution in [0.1, 0.15) is 32.8 Å². The van der Waals surface area contributed by atoms with Crippen LogP contribution in [0, 0.1) is 5.92 Å². The van der Waals surface area contributed by atoms with E-state index in [-0.39, 0.29) is 12.5 Å². The van der Waals surface area contributed by atoms with Crippen molar-refractivity contribution in [1.29, 1.82) is 0 Å². The summed E-state index contributed by atoms with van der Waals surface area (Å²) in [6.07, 6.45) is 2.04. The van der Waals surface area contributed by atoms with Crippen LogP contribution in [0.25, 0.3) is 0 Å². The topological polar surface area (TPSA) is 69.2 Å². The van der Waals surface area contributed by atoms with Crippen molar-refractivity contribution in [2.24, 2.45) is 10.9 Å². The number of rotatable bonds is 8. The van der Waals surface area contributed by atoms with Gasteiger partial charge in [-0.3, -0.25) is 9.69 Å². The third kappa shape index (κ3) is 6.19. The average molecular weight is 416 g/mol. The van der Waals surface area contributed by atoms with Crippen LogP contribution in [-0.2, 0) is 16.0 Å². The number of nitrogens with zero attached hydrogens (tertiary/aromatic N) is 3. The lowest BCUT2D eigenvalue weighted by molar-refractivity contribution is -0.117. The van der Waals surface area contributed by atoms with Crippen LogP contribution in [-0.4, -0.2) is 75.3 Å². The van der Waals surface area contributed by atoms with Gasteiger partial charge in [0.25, 0.3) is 0 Å². The highest BCUT2D eigenvalue weighted by atomic mass is 16.5. The highest BCUT2D eigenvalue weighted by molar-refractivity contribution is 5.98. The van der Waals surface area contributed by atoms with Gasteiger partial charge in [-0.05, 0) is 37.3 Å². The van der Waals surface area contributed by atoms with Gasteiger partial charge in [-0.25, -0.2) is 4.99 Å². The third-order valence-corrected chi connectivity index (χ3v) is 5.72. The molecule has 30 heavy (non-hydrogen) atoms. The predicted molar refractivity (Wildman–Crippen MR) is 122 cm³/mol. The molecule has 1 atom stereocenters. The zero-order valence-corrected chi connectivity index (χ0v) is 18.7. The highest BCUT2D eigenvalue weighted by Gasteiger charge is 2.24. The quantitative estimate of drug-likeness (QED) is 0.501. The summed E-state index contributed by atoms with van der Waals surface area (Å²) in [5, 5.41) is 6.76. The normalized spacial score (nSPS) is 18.4. The lowest BCUT2D eigenvalue weighted by Gasteiger charge is -2.35. The van der Waals surface area contributed by atoms with Gasteiger partial charge in [0.15, 0.2) is 5.96 Å². The predicted octanol–water partition coefficient (Wildman–Crippen LogP) is 1.88. The number of para-hydroxylation sites is 1. The van der Waals surface area contributed by atoms with E-state index in [0.717, 1.165) is 64.5 Å². The number of amides is 1. The number of morpholine rings is 1. The van der Waals surface area contributed by atoms with Crippen LogP contribution < -0.4 is 15.5 Å². The van der Waals surface area contributed by atoms with Crippen molar-refractivity contribution in [2.45, 2.75) is 39.7 Å². The maximum Gasteiger partial charge on any atom is 0.248 e. The van der Waals surface area contributed by atoms with Crippen molar-refractivity contribution in [2.75, 3.05) is 57.4 Å². The lowest BCUT2D eigenvalue weighted by atomic mass is 10.0. The molecule has 0 spiro atoms. The van der Waals surface area contributed by atoms with E-state index in [1.165, 1.54) is 5.56 Å². The molecule has 2 aliphatic heterocycles. The van der Waals surface area contributed by atoms with Gasteiger partial charge in [0, 0.05) is 44.5 Å². The van der Waals surface area contributed by atoms with Gasteiger partial charge in [0.1, 0.15) is 6.54 Å². The van der Waals surface area contributed by atoms with E-state index >= 15 is 0 Å². The second-order valence-corrected chi connectivity index (χ2v) is 8.43. The van der Waals surface area contributed by atoms with Crippen molar-refractivity contribution in [3.05, 3.63) is 29.8 Å². The second kappa shape index (κ2) is 11.3. The minimum Gasteiger partial charge on any atom is -0.379 e. The van der Waals surface area contributed by atoms with E-state index in [1.807, 2.05) is 30.0 Å². The minimum atomic E-state index is 0.0454. The molecule has 1 aromatic rings. The van der Waals surface area contributed by atoms with Gasteiger partial charge in [0.05, 0.1) is 13.2 Å². The molecule has 1 unspecified atom stereocenters. The molecule has 0 aromatic heterocycles. The van der Waals surface area contributed by atoms with Crippen molar-refractivity contribution < 1.29 is 9.53 Å². The first-order valence-corrected chi connectivity index (χ1v) is 11.3. The molecule has 166 valence electrons. The fraction of sp³-hybridized carbons (Fsp3) is 0.652. The first-order chi connectivity index (χ1) is 14.6. The minimum absolute atomic E-state index is 0.0454. The number of fused-ring (bicyclic) bond motifs is 1. The Hall–Kier alpha value is -2.12. The number of carbonyl (C=O) groups excluding carboxylic acids is 1. The number of anilines is 1. The Kier molecular flexibility index (Phi) is 8.51. The number of ether oxygens (including phenoxy) is 1. The van der Waals surface area contributed by atoms with Gasteiger partial charge in [-0.15, -0.1) is 0 Å². The number of hydrogen-bond acceptors (Lipinski definition) is 4. The summed E-state index contributed by atoms with van der Waals surface area (Å²) in [5.41, 5.74) is 2.27. The van der Waals surface area contributed by atoms with E-state index < -0.39 is 0 Å². The number of guanidine groups is 1. The fourth-order valence-corrected chi connectivity index (χ4v) is 4.23. The van der Waals surface area contributed by atoms with Crippen LogP contribution in [0.15, 0.2) is 29.3 Å². The summed E-state index contributed by atoms with van der Waals surface area (Å²) in [6, 6.07) is 8.56. The maximum absolute atomic E-state index is 12.8. The van der Waals surface area contributed by atoms with Gasteiger partial charge in [-0.2, -0.15) is 0 Å². The molecular formula is C23H37N5O2. The van der Waals surface area contributed by atoms with Crippen molar-refractivity contribution in [1.82, 2.24) is 15.5 Å². The van der Waals surface area contributed by atoms with Crippen LogP contribution in [0.5, 0.6) is 0 Å². The molecule has 0 radical (unpaired) electrons. The Morgan fingerprint density at radius 3 is 2.67 bits per heavy atom. The number of hydrogen-bond donors (Lipinski definition) is 2. The molecular weight excluding hydrogens is 378 g/mol. The first-order valence-electron chi connectivity index (χ1n) is 11.3. The molecule has 7 nitrogen and oxygen atoms in total. The molecule has 2 heterocycles. The first kappa shape index (κ1) is 22.6. The molecule has 0 aliphatic carbocycles. The Morgan fingerprint density at radius 1 is 1.17 bits per heavy atom. The summed E-state index contributed by atoms with van der Waals surface area (Å²) in [6.45, 7) is 12.6. The Balaban J connectivity index is 1.58.